The van der Waals surface area contributed by atoms with E-state index in [4.69, 9.17) is 0 Å². The van der Waals surface area contributed by atoms with Crippen LogP contribution in [0.4, 0.5) is 5.69 Å². The maximum absolute atomic E-state index is 11.1. The molecule has 1 aromatic carbocycles. The van der Waals surface area contributed by atoms with Gasteiger partial charge in [0.1, 0.15) is 0 Å². The average Bonchev–Trinajstić information content (AvgIpc) is 2.73. The zero-order valence-corrected chi connectivity index (χ0v) is 9.82. The molecule has 1 aliphatic rings. The number of Topliss-reactive ketones (excluding diaryl/α,β-unsaturated/α-hetero) is 1. The predicted octanol–water partition coefficient (Wildman–Crippen LogP) is 1.58. The third kappa shape index (κ3) is 3.06. The molecule has 0 aromatic heterocycles. The van der Waals surface area contributed by atoms with Gasteiger partial charge in [-0.25, -0.2) is 0 Å². The highest BCUT2D eigenvalue weighted by molar-refractivity contribution is 5.94. The molecule has 1 amide bonds. The number of anilines is 1. The van der Waals surface area contributed by atoms with Gasteiger partial charge in [-0.2, -0.15) is 0 Å². The van der Waals surface area contributed by atoms with Crippen LogP contribution in [0.15, 0.2) is 24.3 Å². The van der Waals surface area contributed by atoms with Gasteiger partial charge in [0.15, 0.2) is 5.78 Å². The number of carbonyl (C=O) groups excluding carboxylic acids is 2. The zero-order valence-electron chi connectivity index (χ0n) is 9.82. The second-order valence-electron chi connectivity index (χ2n) is 4.32. The van der Waals surface area contributed by atoms with Crippen molar-refractivity contribution in [3.05, 3.63) is 29.8 Å². The lowest BCUT2D eigenvalue weighted by molar-refractivity contribution is -0.119. The number of amides is 1. The molecule has 4 heteroatoms. The molecule has 17 heavy (non-hydrogen) atoms. The lowest BCUT2D eigenvalue weighted by atomic mass is 10.1. The molecule has 0 aliphatic carbocycles. The van der Waals surface area contributed by atoms with Crippen LogP contribution in [0.2, 0.25) is 0 Å². The van der Waals surface area contributed by atoms with Crippen LogP contribution in [-0.2, 0) is 4.79 Å². The smallest absolute Gasteiger partial charge is 0.220 e. The number of rotatable bonds is 4. The molecule has 1 aromatic rings. The fourth-order valence-corrected chi connectivity index (χ4v) is 1.89. The highest BCUT2D eigenvalue weighted by Crippen LogP contribution is 2.12. The summed E-state index contributed by atoms with van der Waals surface area (Å²) in [6, 6.07) is 7.59. The Labute approximate surface area is 100 Å². The first-order valence-corrected chi connectivity index (χ1v) is 5.79. The van der Waals surface area contributed by atoms with Crippen LogP contribution in [0.3, 0.4) is 0 Å². The van der Waals surface area contributed by atoms with Gasteiger partial charge >= 0.3 is 0 Å². The molecule has 0 radical (unpaired) electrons. The molecule has 1 saturated heterocycles. The Kier molecular flexibility index (Phi) is 3.42. The number of benzene rings is 1. The molecule has 1 aliphatic heterocycles. The lowest BCUT2D eigenvalue weighted by Crippen LogP contribution is -2.31. The molecule has 1 atom stereocenters. The summed E-state index contributed by atoms with van der Waals surface area (Å²) < 4.78 is 0. The molecular weight excluding hydrogens is 216 g/mol. The van der Waals surface area contributed by atoms with Crippen LogP contribution in [0.1, 0.15) is 30.1 Å². The number of hydrogen-bond acceptors (Lipinski definition) is 3. The summed E-state index contributed by atoms with van der Waals surface area (Å²) in [6.45, 7) is 2.28. The Balaban J connectivity index is 1.87. The SMILES string of the molecule is CC(=O)c1ccc(NCC2CCC(=O)N2)cc1. The van der Waals surface area contributed by atoms with Crippen molar-refractivity contribution >= 4 is 17.4 Å². The minimum atomic E-state index is 0.0691. The van der Waals surface area contributed by atoms with E-state index in [1.165, 1.54) is 0 Å². The molecule has 2 rings (SSSR count). The summed E-state index contributed by atoms with van der Waals surface area (Å²) in [5.74, 6) is 0.198. The normalized spacial score (nSPS) is 18.9. The van der Waals surface area contributed by atoms with Crippen LogP contribution in [0.25, 0.3) is 0 Å². The first kappa shape index (κ1) is 11.6. The van der Waals surface area contributed by atoms with E-state index in [0.717, 1.165) is 18.7 Å². The maximum Gasteiger partial charge on any atom is 0.220 e. The minimum Gasteiger partial charge on any atom is -0.383 e. The van der Waals surface area contributed by atoms with Gasteiger partial charge in [0, 0.05) is 30.3 Å². The van der Waals surface area contributed by atoms with Crippen LogP contribution in [0, 0.1) is 0 Å². The van der Waals surface area contributed by atoms with Gasteiger partial charge in [0.25, 0.3) is 0 Å². The topological polar surface area (TPSA) is 58.2 Å². The van der Waals surface area contributed by atoms with E-state index < -0.39 is 0 Å². The molecule has 1 fully saturated rings. The quantitative estimate of drug-likeness (QED) is 0.775. The Bertz CT molecular complexity index is 426. The fourth-order valence-electron chi connectivity index (χ4n) is 1.89. The molecule has 0 bridgehead atoms. The second-order valence-corrected chi connectivity index (χ2v) is 4.32. The van der Waals surface area contributed by atoms with E-state index in [2.05, 4.69) is 10.6 Å². The molecular formula is C13H16N2O2. The van der Waals surface area contributed by atoms with E-state index >= 15 is 0 Å². The van der Waals surface area contributed by atoms with Crippen molar-refractivity contribution in [1.82, 2.24) is 5.32 Å². The van der Waals surface area contributed by atoms with Crippen molar-refractivity contribution in [2.24, 2.45) is 0 Å². The molecule has 0 spiro atoms. The summed E-state index contributed by atoms with van der Waals surface area (Å²) in [5, 5.41) is 6.15. The fraction of sp³-hybridized carbons (Fsp3) is 0.385. The summed E-state index contributed by atoms with van der Waals surface area (Å²) >= 11 is 0. The molecule has 0 saturated carbocycles. The van der Waals surface area contributed by atoms with Gasteiger partial charge in [-0.05, 0) is 37.6 Å². The lowest BCUT2D eigenvalue weighted by Gasteiger charge is -2.12. The highest BCUT2D eigenvalue weighted by atomic mass is 16.2. The van der Waals surface area contributed by atoms with Gasteiger partial charge < -0.3 is 10.6 Å². The van der Waals surface area contributed by atoms with Gasteiger partial charge in [-0.15, -0.1) is 0 Å². The summed E-state index contributed by atoms with van der Waals surface area (Å²) in [5.41, 5.74) is 1.68. The standard InChI is InChI=1S/C13H16N2O2/c1-9(16)10-2-4-11(5-3-10)14-8-12-6-7-13(17)15-12/h2-5,12,14H,6-8H2,1H3,(H,15,17). The summed E-state index contributed by atoms with van der Waals surface area (Å²) in [4.78, 5) is 22.1. The van der Waals surface area contributed by atoms with Crippen LogP contribution in [0.5, 0.6) is 0 Å². The predicted molar refractivity (Wildman–Crippen MR) is 66.1 cm³/mol. The Morgan fingerprint density at radius 2 is 2.12 bits per heavy atom. The van der Waals surface area contributed by atoms with Crippen molar-refractivity contribution < 1.29 is 9.59 Å². The Morgan fingerprint density at radius 1 is 1.41 bits per heavy atom. The average molecular weight is 232 g/mol. The summed E-state index contributed by atoms with van der Waals surface area (Å²) in [6.07, 6.45) is 1.51. The van der Waals surface area contributed by atoms with E-state index in [-0.39, 0.29) is 17.7 Å². The van der Waals surface area contributed by atoms with Gasteiger partial charge in [-0.3, -0.25) is 9.59 Å². The number of nitrogens with one attached hydrogen (secondary N) is 2. The largest absolute Gasteiger partial charge is 0.383 e. The van der Waals surface area contributed by atoms with Gasteiger partial charge in [0.2, 0.25) is 5.91 Å². The maximum atomic E-state index is 11.1. The number of hydrogen-bond donors (Lipinski definition) is 2. The Morgan fingerprint density at radius 3 is 2.65 bits per heavy atom. The number of carbonyl (C=O) groups is 2. The first-order chi connectivity index (χ1) is 8.15. The van der Waals surface area contributed by atoms with Gasteiger partial charge in [-0.1, -0.05) is 0 Å². The van der Waals surface area contributed by atoms with Crippen LogP contribution in [-0.4, -0.2) is 24.3 Å². The monoisotopic (exact) mass is 232 g/mol. The van der Waals surface area contributed by atoms with Crippen LogP contribution >= 0.6 is 0 Å². The summed E-state index contributed by atoms with van der Waals surface area (Å²) in [7, 11) is 0. The third-order valence-electron chi connectivity index (χ3n) is 2.93. The zero-order chi connectivity index (χ0) is 12.3. The van der Waals surface area contributed by atoms with Crippen molar-refractivity contribution in [2.45, 2.75) is 25.8 Å². The van der Waals surface area contributed by atoms with Gasteiger partial charge in [0.05, 0.1) is 0 Å². The molecule has 90 valence electrons. The molecule has 2 N–H and O–H groups in total. The van der Waals surface area contributed by atoms with Crippen molar-refractivity contribution in [3.8, 4) is 0 Å². The third-order valence-corrected chi connectivity index (χ3v) is 2.93. The van der Waals surface area contributed by atoms with E-state index in [9.17, 15) is 9.59 Å². The second kappa shape index (κ2) is 4.99. The Hall–Kier alpha value is -1.84. The minimum absolute atomic E-state index is 0.0691. The molecule has 1 heterocycles. The van der Waals surface area contributed by atoms with Crippen molar-refractivity contribution in [1.29, 1.82) is 0 Å². The number of ketones is 1. The van der Waals surface area contributed by atoms with Crippen molar-refractivity contribution in [2.75, 3.05) is 11.9 Å². The van der Waals surface area contributed by atoms with Crippen LogP contribution < -0.4 is 10.6 Å². The van der Waals surface area contributed by atoms with E-state index in [0.29, 0.717) is 12.0 Å². The van der Waals surface area contributed by atoms with E-state index in [1.807, 2.05) is 12.1 Å². The molecule has 4 nitrogen and oxygen atoms in total. The first-order valence-electron chi connectivity index (χ1n) is 5.79. The van der Waals surface area contributed by atoms with E-state index in [1.54, 1.807) is 19.1 Å². The highest BCUT2D eigenvalue weighted by Gasteiger charge is 2.19. The van der Waals surface area contributed by atoms with Crippen molar-refractivity contribution in [3.63, 3.8) is 0 Å². The molecule has 1 unspecified atom stereocenters.